The Labute approximate surface area is 152 Å². The van der Waals surface area contributed by atoms with Crippen molar-refractivity contribution >= 4 is 11.7 Å². The zero-order valence-electron chi connectivity index (χ0n) is 14.6. The first-order chi connectivity index (χ1) is 12.8. The Morgan fingerprint density at radius 1 is 1.38 bits per heavy atom. The maximum Gasteiger partial charge on any atom is 0.341 e. The lowest BCUT2D eigenvalue weighted by Gasteiger charge is -2.27. The first-order valence-electron chi connectivity index (χ1n) is 8.50. The predicted molar refractivity (Wildman–Crippen MR) is 99.3 cm³/mol. The summed E-state index contributed by atoms with van der Waals surface area (Å²) in [6.07, 6.45) is 4.45. The average Bonchev–Trinajstić information content (AvgIpc) is 2.64. The number of carbonyl (C=O) groups is 1. The maximum absolute atomic E-state index is 12.1. The van der Waals surface area contributed by atoms with E-state index in [2.05, 4.69) is 27.5 Å². The number of carbonyl (C=O) groups excluding carboxylic acids is 1. The van der Waals surface area contributed by atoms with Crippen molar-refractivity contribution in [3.05, 3.63) is 53.9 Å². The van der Waals surface area contributed by atoms with E-state index in [-0.39, 0.29) is 6.61 Å². The van der Waals surface area contributed by atoms with E-state index in [1.54, 1.807) is 31.6 Å². The summed E-state index contributed by atoms with van der Waals surface area (Å²) in [5.74, 6) is 6.04. The van der Waals surface area contributed by atoms with E-state index in [1.165, 1.54) is 0 Å². The van der Waals surface area contributed by atoms with Crippen LogP contribution >= 0.6 is 0 Å². The molecule has 2 heterocycles. The van der Waals surface area contributed by atoms with Gasteiger partial charge in [0.1, 0.15) is 12.4 Å². The van der Waals surface area contributed by atoms with Gasteiger partial charge in [-0.05, 0) is 31.2 Å². The summed E-state index contributed by atoms with van der Waals surface area (Å²) in [6, 6.07) is 9.42. The SMILES string of the molecule is CNc1ccccc1C(=O)OCC#Cc1cncc(OCC2CCN2)c1. The van der Waals surface area contributed by atoms with Gasteiger partial charge in [0, 0.05) is 30.5 Å². The number of pyridine rings is 1. The molecule has 0 radical (unpaired) electrons. The molecule has 26 heavy (non-hydrogen) atoms. The van der Waals surface area contributed by atoms with Gasteiger partial charge in [0.2, 0.25) is 0 Å². The molecule has 134 valence electrons. The summed E-state index contributed by atoms with van der Waals surface area (Å²) in [4.78, 5) is 16.2. The van der Waals surface area contributed by atoms with E-state index in [0.717, 1.165) is 24.2 Å². The number of aromatic nitrogens is 1. The lowest BCUT2D eigenvalue weighted by atomic mass is 10.1. The maximum atomic E-state index is 12.1. The number of hydrogen-bond donors (Lipinski definition) is 2. The molecule has 1 aliphatic rings. The van der Waals surface area contributed by atoms with E-state index < -0.39 is 5.97 Å². The highest BCUT2D eigenvalue weighted by Crippen LogP contribution is 2.15. The quantitative estimate of drug-likeness (QED) is 0.613. The van der Waals surface area contributed by atoms with Crippen LogP contribution in [0.4, 0.5) is 5.69 Å². The van der Waals surface area contributed by atoms with Crippen LogP contribution in [0.25, 0.3) is 0 Å². The van der Waals surface area contributed by atoms with Crippen molar-refractivity contribution in [2.24, 2.45) is 0 Å². The number of hydrogen-bond acceptors (Lipinski definition) is 6. The van der Waals surface area contributed by atoms with Crippen LogP contribution in [-0.4, -0.2) is 43.8 Å². The van der Waals surface area contributed by atoms with Crippen molar-refractivity contribution in [2.45, 2.75) is 12.5 Å². The molecule has 1 fully saturated rings. The molecule has 2 aromatic rings. The molecule has 0 spiro atoms. The van der Waals surface area contributed by atoms with E-state index in [4.69, 9.17) is 9.47 Å². The fourth-order valence-corrected chi connectivity index (χ4v) is 2.45. The van der Waals surface area contributed by atoms with E-state index in [0.29, 0.717) is 24.0 Å². The number of rotatable bonds is 6. The van der Waals surface area contributed by atoms with Gasteiger partial charge in [0.25, 0.3) is 0 Å². The summed E-state index contributed by atoms with van der Waals surface area (Å²) in [5, 5.41) is 6.24. The third-order valence-corrected chi connectivity index (χ3v) is 4.01. The molecule has 1 saturated heterocycles. The molecule has 2 N–H and O–H groups in total. The molecule has 0 amide bonds. The predicted octanol–water partition coefficient (Wildman–Crippen LogP) is 2.07. The molecule has 6 heteroatoms. The number of esters is 1. The third-order valence-electron chi connectivity index (χ3n) is 4.01. The molecule has 3 rings (SSSR count). The van der Waals surface area contributed by atoms with Crippen LogP contribution in [0, 0.1) is 11.8 Å². The van der Waals surface area contributed by atoms with Crippen LogP contribution in [0.2, 0.25) is 0 Å². The van der Waals surface area contributed by atoms with Crippen LogP contribution in [0.1, 0.15) is 22.3 Å². The highest BCUT2D eigenvalue weighted by molar-refractivity contribution is 5.95. The molecule has 6 nitrogen and oxygen atoms in total. The van der Waals surface area contributed by atoms with Gasteiger partial charge in [-0.15, -0.1) is 0 Å². The van der Waals surface area contributed by atoms with Crippen LogP contribution < -0.4 is 15.4 Å². The number of benzene rings is 1. The Morgan fingerprint density at radius 3 is 3.00 bits per heavy atom. The first-order valence-corrected chi connectivity index (χ1v) is 8.50. The summed E-state index contributed by atoms with van der Waals surface area (Å²) >= 11 is 0. The fourth-order valence-electron chi connectivity index (χ4n) is 2.45. The zero-order chi connectivity index (χ0) is 18.2. The van der Waals surface area contributed by atoms with Gasteiger partial charge in [-0.2, -0.15) is 0 Å². The van der Waals surface area contributed by atoms with Crippen molar-refractivity contribution < 1.29 is 14.3 Å². The summed E-state index contributed by atoms with van der Waals surface area (Å²) in [6.45, 7) is 1.68. The minimum absolute atomic E-state index is 0.00790. The van der Waals surface area contributed by atoms with Crippen LogP contribution in [-0.2, 0) is 4.74 Å². The number of nitrogens with zero attached hydrogens (tertiary/aromatic N) is 1. The number of anilines is 1. The molecule has 1 aliphatic heterocycles. The summed E-state index contributed by atoms with van der Waals surface area (Å²) in [7, 11) is 1.76. The average molecular weight is 351 g/mol. The van der Waals surface area contributed by atoms with E-state index in [9.17, 15) is 4.79 Å². The minimum atomic E-state index is -0.410. The van der Waals surface area contributed by atoms with Crippen molar-refractivity contribution in [2.75, 3.05) is 32.1 Å². The Balaban J connectivity index is 1.52. The second-order valence-corrected chi connectivity index (χ2v) is 5.83. The number of ether oxygens (including phenoxy) is 2. The number of para-hydroxylation sites is 1. The Morgan fingerprint density at radius 2 is 2.23 bits per heavy atom. The summed E-state index contributed by atoms with van der Waals surface area (Å²) in [5.41, 5.74) is 1.93. The zero-order valence-corrected chi connectivity index (χ0v) is 14.6. The van der Waals surface area contributed by atoms with Crippen molar-refractivity contribution in [1.82, 2.24) is 10.3 Å². The Kier molecular flexibility index (Phi) is 6.07. The first kappa shape index (κ1) is 17.8. The van der Waals surface area contributed by atoms with Crippen LogP contribution in [0.15, 0.2) is 42.7 Å². The normalized spacial score (nSPS) is 15.2. The minimum Gasteiger partial charge on any atom is -0.490 e. The molecule has 0 bridgehead atoms. The smallest absolute Gasteiger partial charge is 0.341 e. The molecule has 1 unspecified atom stereocenters. The van der Waals surface area contributed by atoms with Gasteiger partial charge in [-0.25, -0.2) is 4.79 Å². The van der Waals surface area contributed by atoms with Gasteiger partial charge in [0.15, 0.2) is 6.61 Å². The molecular weight excluding hydrogens is 330 g/mol. The third kappa shape index (κ3) is 4.74. The monoisotopic (exact) mass is 351 g/mol. The summed E-state index contributed by atoms with van der Waals surface area (Å²) < 4.78 is 10.9. The lowest BCUT2D eigenvalue weighted by molar-refractivity contribution is 0.0558. The lowest BCUT2D eigenvalue weighted by Crippen LogP contribution is -2.46. The molecule has 1 aromatic heterocycles. The topological polar surface area (TPSA) is 72.5 Å². The molecule has 0 saturated carbocycles. The van der Waals surface area contributed by atoms with Crippen molar-refractivity contribution in [1.29, 1.82) is 0 Å². The largest absolute Gasteiger partial charge is 0.490 e. The van der Waals surface area contributed by atoms with Crippen LogP contribution in [0.5, 0.6) is 5.75 Å². The Hall–Kier alpha value is -3.04. The Bertz CT molecular complexity index is 822. The van der Waals surface area contributed by atoms with E-state index >= 15 is 0 Å². The van der Waals surface area contributed by atoms with Crippen molar-refractivity contribution in [3.8, 4) is 17.6 Å². The number of nitrogens with one attached hydrogen (secondary N) is 2. The highest BCUT2D eigenvalue weighted by atomic mass is 16.5. The second-order valence-electron chi connectivity index (χ2n) is 5.83. The van der Waals surface area contributed by atoms with Gasteiger partial charge < -0.3 is 20.1 Å². The van der Waals surface area contributed by atoms with Crippen LogP contribution in [0.3, 0.4) is 0 Å². The molecule has 0 aliphatic carbocycles. The van der Waals surface area contributed by atoms with Crippen molar-refractivity contribution in [3.63, 3.8) is 0 Å². The molecular formula is C20H21N3O3. The molecule has 1 aromatic carbocycles. The second kappa shape index (κ2) is 8.88. The van der Waals surface area contributed by atoms with Gasteiger partial charge >= 0.3 is 5.97 Å². The van der Waals surface area contributed by atoms with E-state index in [1.807, 2.05) is 18.2 Å². The van der Waals surface area contributed by atoms with Gasteiger partial charge in [-0.3, -0.25) is 4.98 Å². The fraction of sp³-hybridized carbons (Fsp3) is 0.300. The molecule has 1 atom stereocenters. The van der Waals surface area contributed by atoms with Gasteiger partial charge in [-0.1, -0.05) is 24.0 Å². The standard InChI is InChI=1S/C20H21N3O3/c1-21-19-7-3-2-6-18(19)20(24)25-10-4-5-15-11-17(13-22-12-15)26-14-16-8-9-23-16/h2-3,6-7,11-13,16,21,23H,8-10,14H2,1H3. The van der Waals surface area contributed by atoms with Gasteiger partial charge in [0.05, 0.1) is 11.8 Å². The highest BCUT2D eigenvalue weighted by Gasteiger charge is 2.16.